The molecular weight excluding hydrogens is 412 g/mol. The third-order valence-corrected chi connectivity index (χ3v) is 4.85. The van der Waals surface area contributed by atoms with Gasteiger partial charge in [0.2, 0.25) is 0 Å². The molecule has 7 heteroatoms. The number of aliphatic hydroxyl groups is 3. The van der Waals surface area contributed by atoms with Crippen molar-refractivity contribution in [3.05, 3.63) is 71.3 Å². The molecule has 0 aliphatic rings. The molecule has 2 rings (SSSR count). The van der Waals surface area contributed by atoms with E-state index in [1.807, 2.05) is 48.5 Å². The van der Waals surface area contributed by atoms with E-state index in [9.17, 15) is 15.3 Å². The van der Waals surface area contributed by atoms with Crippen molar-refractivity contribution in [1.29, 1.82) is 0 Å². The van der Waals surface area contributed by atoms with Crippen molar-refractivity contribution in [1.82, 2.24) is 0 Å². The first kappa shape index (κ1) is 25.8. The van der Waals surface area contributed by atoms with Crippen LogP contribution in [0.3, 0.4) is 0 Å². The minimum atomic E-state index is -0.738. The first-order chi connectivity index (χ1) is 15.5. The molecule has 176 valence electrons. The maximum absolute atomic E-state index is 10.3. The second-order valence-corrected chi connectivity index (χ2v) is 7.49. The quantitative estimate of drug-likeness (QED) is 0.362. The molecule has 2 aromatic rings. The molecule has 0 fully saturated rings. The highest BCUT2D eigenvalue weighted by Gasteiger charge is 2.13. The minimum absolute atomic E-state index is 0.152. The normalized spacial score (nSPS) is 12.8. The summed E-state index contributed by atoms with van der Waals surface area (Å²) in [6.07, 6.45) is 0.744. The molecule has 0 saturated carbocycles. The number of rotatable bonds is 15. The van der Waals surface area contributed by atoms with Gasteiger partial charge in [0.05, 0.1) is 59.5 Å². The molecule has 0 radical (unpaired) electrons. The Morgan fingerprint density at radius 3 is 1.50 bits per heavy atom. The van der Waals surface area contributed by atoms with Gasteiger partial charge in [0.1, 0.15) is 11.5 Å². The summed E-state index contributed by atoms with van der Waals surface area (Å²) in [6.45, 7) is 0.899. The summed E-state index contributed by atoms with van der Waals surface area (Å²) in [5.74, 6) is 1.55. The number of aliphatic hydroxyl groups excluding tert-OH is 3. The fraction of sp³-hybridized carbons (Fsp3) is 0.440. The van der Waals surface area contributed by atoms with Crippen LogP contribution in [0.1, 0.15) is 24.0 Å². The predicted molar refractivity (Wildman–Crippen MR) is 122 cm³/mol. The lowest BCUT2D eigenvalue weighted by Crippen LogP contribution is -2.20. The van der Waals surface area contributed by atoms with E-state index in [1.54, 1.807) is 20.3 Å². The van der Waals surface area contributed by atoms with E-state index >= 15 is 0 Å². The fourth-order valence-corrected chi connectivity index (χ4v) is 3.17. The zero-order valence-electron chi connectivity index (χ0n) is 18.8. The van der Waals surface area contributed by atoms with Crippen LogP contribution < -0.4 is 9.47 Å². The van der Waals surface area contributed by atoms with Crippen molar-refractivity contribution < 1.29 is 34.3 Å². The van der Waals surface area contributed by atoms with Crippen LogP contribution in [0.25, 0.3) is 0 Å². The summed E-state index contributed by atoms with van der Waals surface area (Å²) < 4.78 is 21.4. The Bertz CT molecular complexity index is 723. The summed E-state index contributed by atoms with van der Waals surface area (Å²) in [6, 6.07) is 15.1. The number of methoxy groups -OCH3 is 2. The van der Waals surface area contributed by atoms with E-state index < -0.39 is 12.2 Å². The van der Waals surface area contributed by atoms with E-state index in [0.717, 1.165) is 28.2 Å². The van der Waals surface area contributed by atoms with E-state index in [4.69, 9.17) is 18.9 Å². The van der Waals surface area contributed by atoms with Crippen molar-refractivity contribution in [3.63, 3.8) is 0 Å². The third-order valence-electron chi connectivity index (χ3n) is 4.85. The summed E-state index contributed by atoms with van der Waals surface area (Å²) in [7, 11) is 3.23. The van der Waals surface area contributed by atoms with Crippen LogP contribution in [-0.2, 0) is 22.7 Å². The Morgan fingerprint density at radius 1 is 0.750 bits per heavy atom. The summed E-state index contributed by atoms with van der Waals surface area (Å²) in [4.78, 5) is 0. The van der Waals surface area contributed by atoms with Gasteiger partial charge in [-0.15, -0.1) is 0 Å². The van der Waals surface area contributed by atoms with Gasteiger partial charge in [-0.3, -0.25) is 0 Å². The van der Waals surface area contributed by atoms with E-state index in [2.05, 4.69) is 0 Å². The highest BCUT2D eigenvalue weighted by atomic mass is 16.5. The first-order valence-corrected chi connectivity index (χ1v) is 10.6. The molecule has 0 bridgehead atoms. The van der Waals surface area contributed by atoms with Crippen molar-refractivity contribution in [2.24, 2.45) is 0 Å². The standard InChI is InChI=1S/C25H34O7/c1-29-24-7-3-19(4-8-24)15-31-17-22(27)13-21(11-12-26)14-23(28)18-32-16-20-5-9-25(30-2)10-6-20/h3-11,22-23,26-28H,12-18H2,1-2H3/t22-,23-/m1/s1. The lowest BCUT2D eigenvalue weighted by Gasteiger charge is -2.17. The Hall–Kier alpha value is -2.42. The Morgan fingerprint density at radius 2 is 1.16 bits per heavy atom. The van der Waals surface area contributed by atoms with E-state index in [0.29, 0.717) is 26.1 Å². The number of ether oxygens (including phenoxy) is 4. The maximum Gasteiger partial charge on any atom is 0.118 e. The van der Waals surface area contributed by atoms with Gasteiger partial charge in [0, 0.05) is 0 Å². The Kier molecular flexibility index (Phi) is 11.8. The number of hydrogen-bond acceptors (Lipinski definition) is 7. The highest BCUT2D eigenvalue weighted by Crippen LogP contribution is 2.16. The SMILES string of the molecule is COc1ccc(COC[C@H](O)CC(=CCO)C[C@@H](O)COCc2ccc(OC)cc2)cc1. The van der Waals surface area contributed by atoms with Gasteiger partial charge in [0.25, 0.3) is 0 Å². The zero-order valence-corrected chi connectivity index (χ0v) is 18.8. The smallest absolute Gasteiger partial charge is 0.118 e. The molecule has 0 aliphatic heterocycles. The Balaban J connectivity index is 1.69. The average Bonchev–Trinajstić information content (AvgIpc) is 2.80. The molecular formula is C25H34O7. The Labute approximate surface area is 189 Å². The molecule has 0 saturated heterocycles. The largest absolute Gasteiger partial charge is 0.497 e. The summed E-state index contributed by atoms with van der Waals surface area (Å²) in [5.41, 5.74) is 2.72. The molecule has 3 N–H and O–H groups in total. The molecule has 0 aromatic heterocycles. The van der Waals surface area contributed by atoms with Crippen LogP contribution in [0.5, 0.6) is 11.5 Å². The second-order valence-electron chi connectivity index (χ2n) is 7.49. The zero-order chi connectivity index (χ0) is 23.2. The van der Waals surface area contributed by atoms with Crippen molar-refractivity contribution in [2.45, 2.75) is 38.3 Å². The number of benzene rings is 2. The van der Waals surface area contributed by atoms with Crippen LogP contribution in [-0.4, -0.2) is 61.6 Å². The monoisotopic (exact) mass is 446 g/mol. The van der Waals surface area contributed by atoms with Gasteiger partial charge in [-0.2, -0.15) is 0 Å². The van der Waals surface area contributed by atoms with Crippen LogP contribution in [0.15, 0.2) is 60.2 Å². The van der Waals surface area contributed by atoms with Crippen molar-refractivity contribution in [3.8, 4) is 11.5 Å². The average molecular weight is 447 g/mol. The van der Waals surface area contributed by atoms with Gasteiger partial charge >= 0.3 is 0 Å². The fourth-order valence-electron chi connectivity index (χ4n) is 3.17. The molecule has 0 unspecified atom stereocenters. The lowest BCUT2D eigenvalue weighted by molar-refractivity contribution is 0.0196. The molecule has 2 atom stereocenters. The van der Waals surface area contributed by atoms with Gasteiger partial charge in [-0.1, -0.05) is 35.9 Å². The molecule has 0 spiro atoms. The first-order valence-electron chi connectivity index (χ1n) is 10.6. The van der Waals surface area contributed by atoms with Gasteiger partial charge < -0.3 is 34.3 Å². The molecule has 0 aliphatic carbocycles. The molecule has 0 heterocycles. The van der Waals surface area contributed by atoms with Gasteiger partial charge in [-0.25, -0.2) is 0 Å². The third kappa shape index (κ3) is 9.80. The van der Waals surface area contributed by atoms with Crippen LogP contribution in [0.2, 0.25) is 0 Å². The van der Waals surface area contributed by atoms with E-state index in [-0.39, 0.29) is 19.8 Å². The number of hydrogen-bond donors (Lipinski definition) is 3. The van der Waals surface area contributed by atoms with Gasteiger partial charge in [-0.05, 0) is 48.2 Å². The van der Waals surface area contributed by atoms with Crippen LogP contribution >= 0.6 is 0 Å². The summed E-state index contributed by atoms with van der Waals surface area (Å²) >= 11 is 0. The van der Waals surface area contributed by atoms with Crippen LogP contribution in [0.4, 0.5) is 0 Å². The van der Waals surface area contributed by atoms with Gasteiger partial charge in [0.15, 0.2) is 0 Å². The lowest BCUT2D eigenvalue weighted by atomic mass is 10.0. The summed E-state index contributed by atoms with van der Waals surface area (Å²) in [5, 5.41) is 29.9. The predicted octanol–water partition coefficient (Wildman–Crippen LogP) is 2.86. The maximum atomic E-state index is 10.3. The molecule has 0 amide bonds. The van der Waals surface area contributed by atoms with Crippen LogP contribution in [0, 0.1) is 0 Å². The van der Waals surface area contributed by atoms with Crippen molar-refractivity contribution in [2.75, 3.05) is 34.0 Å². The molecule has 2 aromatic carbocycles. The molecule has 7 nitrogen and oxygen atoms in total. The minimum Gasteiger partial charge on any atom is -0.497 e. The second kappa shape index (κ2) is 14.6. The molecule has 32 heavy (non-hydrogen) atoms. The van der Waals surface area contributed by atoms with Crippen molar-refractivity contribution >= 4 is 0 Å². The van der Waals surface area contributed by atoms with E-state index in [1.165, 1.54) is 0 Å². The topological polar surface area (TPSA) is 97.6 Å². The highest BCUT2D eigenvalue weighted by molar-refractivity contribution is 5.27.